The summed E-state index contributed by atoms with van der Waals surface area (Å²) in [7, 11) is 3.04. The van der Waals surface area contributed by atoms with Crippen LogP contribution in [0.4, 0.5) is 5.82 Å². The van der Waals surface area contributed by atoms with Gasteiger partial charge in [0.15, 0.2) is 0 Å². The van der Waals surface area contributed by atoms with Crippen LogP contribution in [0, 0.1) is 0 Å². The van der Waals surface area contributed by atoms with Crippen LogP contribution in [-0.2, 0) is 14.1 Å². The SMILES string of the molecule is Cn1c(NCCN)cc(=O)n(C)c1=O. The number of aromatic nitrogens is 2. The van der Waals surface area contributed by atoms with Crippen LogP contribution in [0.25, 0.3) is 0 Å². The molecule has 0 radical (unpaired) electrons. The van der Waals surface area contributed by atoms with E-state index >= 15 is 0 Å². The summed E-state index contributed by atoms with van der Waals surface area (Å²) in [5.41, 5.74) is 4.62. The lowest BCUT2D eigenvalue weighted by atomic mass is 10.5. The molecule has 6 nitrogen and oxygen atoms in total. The largest absolute Gasteiger partial charge is 0.370 e. The minimum atomic E-state index is -0.350. The maximum atomic E-state index is 11.4. The number of nitrogens with two attached hydrogens (primary N) is 1. The van der Waals surface area contributed by atoms with Gasteiger partial charge in [0, 0.05) is 33.3 Å². The summed E-state index contributed by atoms with van der Waals surface area (Å²) in [6.07, 6.45) is 0. The Morgan fingerprint density at radius 3 is 2.57 bits per heavy atom. The van der Waals surface area contributed by atoms with E-state index in [1.807, 2.05) is 0 Å². The fourth-order valence-electron chi connectivity index (χ4n) is 1.10. The first-order valence-electron chi connectivity index (χ1n) is 4.29. The molecule has 1 aromatic heterocycles. The van der Waals surface area contributed by atoms with E-state index in [9.17, 15) is 9.59 Å². The second-order valence-electron chi connectivity index (χ2n) is 2.98. The minimum absolute atomic E-state index is 0.326. The molecule has 0 saturated carbocycles. The van der Waals surface area contributed by atoms with Gasteiger partial charge in [0.2, 0.25) is 0 Å². The molecule has 6 heteroatoms. The van der Waals surface area contributed by atoms with Crippen LogP contribution in [0.15, 0.2) is 15.7 Å². The second kappa shape index (κ2) is 4.10. The van der Waals surface area contributed by atoms with Crippen LogP contribution in [0.3, 0.4) is 0 Å². The highest BCUT2D eigenvalue weighted by Crippen LogP contribution is 1.96. The lowest BCUT2D eigenvalue weighted by molar-refractivity contribution is 0.689. The molecule has 0 aromatic carbocycles. The molecule has 1 rings (SSSR count). The first-order valence-corrected chi connectivity index (χ1v) is 4.29. The van der Waals surface area contributed by atoms with Crippen molar-refractivity contribution >= 4 is 5.82 Å². The number of rotatable bonds is 3. The quantitative estimate of drug-likeness (QED) is 0.616. The van der Waals surface area contributed by atoms with E-state index < -0.39 is 0 Å². The highest BCUT2D eigenvalue weighted by Gasteiger charge is 2.03. The molecular formula is C8H14N4O2. The number of hydrogen-bond donors (Lipinski definition) is 2. The van der Waals surface area contributed by atoms with Crippen LogP contribution in [0.1, 0.15) is 0 Å². The predicted molar refractivity (Wildman–Crippen MR) is 54.5 cm³/mol. The zero-order chi connectivity index (χ0) is 10.7. The van der Waals surface area contributed by atoms with Gasteiger partial charge < -0.3 is 11.1 Å². The van der Waals surface area contributed by atoms with E-state index in [1.165, 1.54) is 17.7 Å². The summed E-state index contributed by atoms with van der Waals surface area (Å²) in [6.45, 7) is 0.976. The highest BCUT2D eigenvalue weighted by molar-refractivity contribution is 5.33. The summed E-state index contributed by atoms with van der Waals surface area (Å²) < 4.78 is 2.42. The Hall–Kier alpha value is -1.56. The Labute approximate surface area is 81.0 Å². The van der Waals surface area contributed by atoms with Crippen LogP contribution in [0.2, 0.25) is 0 Å². The van der Waals surface area contributed by atoms with Crippen molar-refractivity contribution in [2.45, 2.75) is 0 Å². The van der Waals surface area contributed by atoms with Gasteiger partial charge in [-0.05, 0) is 0 Å². The third-order valence-corrected chi connectivity index (χ3v) is 1.98. The number of nitrogens with one attached hydrogen (secondary N) is 1. The van der Waals surface area contributed by atoms with Gasteiger partial charge in [-0.3, -0.25) is 13.9 Å². The molecule has 0 fully saturated rings. The molecule has 0 atom stereocenters. The zero-order valence-electron chi connectivity index (χ0n) is 8.28. The predicted octanol–water partition coefficient (Wildman–Crippen LogP) is -1.55. The average molecular weight is 198 g/mol. The van der Waals surface area contributed by atoms with Crippen molar-refractivity contribution in [2.24, 2.45) is 19.8 Å². The third-order valence-electron chi connectivity index (χ3n) is 1.98. The van der Waals surface area contributed by atoms with Gasteiger partial charge in [-0.2, -0.15) is 0 Å². The molecule has 0 aliphatic rings. The Morgan fingerprint density at radius 2 is 2.00 bits per heavy atom. The van der Waals surface area contributed by atoms with E-state index in [-0.39, 0.29) is 11.2 Å². The fraction of sp³-hybridized carbons (Fsp3) is 0.500. The van der Waals surface area contributed by atoms with E-state index in [0.717, 1.165) is 4.57 Å². The molecule has 14 heavy (non-hydrogen) atoms. The van der Waals surface area contributed by atoms with Crippen LogP contribution in [0.5, 0.6) is 0 Å². The van der Waals surface area contributed by atoms with Crippen molar-refractivity contribution in [3.63, 3.8) is 0 Å². The lowest BCUT2D eigenvalue weighted by Gasteiger charge is -2.10. The lowest BCUT2D eigenvalue weighted by Crippen LogP contribution is -2.37. The molecule has 0 unspecified atom stereocenters. The molecule has 78 valence electrons. The Bertz CT molecular complexity index is 432. The van der Waals surface area contributed by atoms with Crippen molar-refractivity contribution in [2.75, 3.05) is 18.4 Å². The summed E-state index contributed by atoms with van der Waals surface area (Å²) in [4.78, 5) is 22.7. The Morgan fingerprint density at radius 1 is 1.36 bits per heavy atom. The van der Waals surface area contributed by atoms with Gasteiger partial charge >= 0.3 is 5.69 Å². The van der Waals surface area contributed by atoms with Crippen molar-refractivity contribution in [3.05, 3.63) is 26.9 Å². The van der Waals surface area contributed by atoms with E-state index in [1.54, 1.807) is 7.05 Å². The van der Waals surface area contributed by atoms with Crippen molar-refractivity contribution in [3.8, 4) is 0 Å². The van der Waals surface area contributed by atoms with Gasteiger partial charge in [0.05, 0.1) is 0 Å². The van der Waals surface area contributed by atoms with Crippen LogP contribution in [-0.4, -0.2) is 22.2 Å². The van der Waals surface area contributed by atoms with E-state index in [0.29, 0.717) is 18.9 Å². The first-order chi connectivity index (χ1) is 6.57. The second-order valence-corrected chi connectivity index (χ2v) is 2.98. The standard InChI is InChI=1S/C8H14N4O2/c1-11-6(10-4-3-9)5-7(13)12(2)8(11)14/h5,10H,3-4,9H2,1-2H3. The zero-order valence-corrected chi connectivity index (χ0v) is 8.28. The summed E-state index contributed by atoms with van der Waals surface area (Å²) >= 11 is 0. The molecule has 0 amide bonds. The monoisotopic (exact) mass is 198 g/mol. The van der Waals surface area contributed by atoms with E-state index in [2.05, 4.69) is 5.32 Å². The molecule has 0 saturated heterocycles. The van der Waals surface area contributed by atoms with Gasteiger partial charge in [0.1, 0.15) is 5.82 Å². The van der Waals surface area contributed by atoms with Gasteiger partial charge in [-0.15, -0.1) is 0 Å². The summed E-state index contributed by atoms with van der Waals surface area (Å²) in [6, 6.07) is 1.37. The Balaban J connectivity index is 3.20. The van der Waals surface area contributed by atoms with Gasteiger partial charge in [-0.25, -0.2) is 4.79 Å². The first kappa shape index (κ1) is 10.5. The van der Waals surface area contributed by atoms with Gasteiger partial charge in [0.25, 0.3) is 5.56 Å². The smallest absolute Gasteiger partial charge is 0.332 e. The molecule has 0 bridgehead atoms. The maximum Gasteiger partial charge on any atom is 0.332 e. The van der Waals surface area contributed by atoms with Crippen LogP contribution < -0.4 is 22.3 Å². The summed E-state index contributed by atoms with van der Waals surface area (Å²) in [5, 5.41) is 2.90. The minimum Gasteiger partial charge on any atom is -0.370 e. The topological polar surface area (TPSA) is 82.1 Å². The molecule has 0 spiro atoms. The van der Waals surface area contributed by atoms with Crippen LogP contribution >= 0.6 is 0 Å². The van der Waals surface area contributed by atoms with E-state index in [4.69, 9.17) is 5.73 Å². The maximum absolute atomic E-state index is 11.4. The molecule has 0 aliphatic carbocycles. The fourth-order valence-corrected chi connectivity index (χ4v) is 1.10. The number of anilines is 1. The molecular weight excluding hydrogens is 184 g/mol. The third kappa shape index (κ3) is 1.85. The normalized spacial score (nSPS) is 10.2. The summed E-state index contributed by atoms with van der Waals surface area (Å²) in [5.74, 6) is 0.489. The molecule has 3 N–H and O–H groups in total. The molecule has 1 heterocycles. The van der Waals surface area contributed by atoms with Gasteiger partial charge in [-0.1, -0.05) is 0 Å². The Kier molecular flexibility index (Phi) is 3.08. The molecule has 1 aromatic rings. The van der Waals surface area contributed by atoms with Crippen molar-refractivity contribution in [1.82, 2.24) is 9.13 Å². The van der Waals surface area contributed by atoms with Crippen molar-refractivity contribution < 1.29 is 0 Å². The highest BCUT2D eigenvalue weighted by atomic mass is 16.2. The average Bonchev–Trinajstić information content (AvgIpc) is 2.18. The van der Waals surface area contributed by atoms with Crippen molar-refractivity contribution in [1.29, 1.82) is 0 Å². The number of hydrogen-bond acceptors (Lipinski definition) is 4. The number of nitrogens with zero attached hydrogens (tertiary/aromatic N) is 2. The molecule has 0 aliphatic heterocycles.